The van der Waals surface area contributed by atoms with E-state index >= 15 is 0 Å². The van der Waals surface area contributed by atoms with Gasteiger partial charge in [0.05, 0.1) is 12.2 Å². The molecule has 0 atom stereocenters. The number of nitrogens with one attached hydrogen (secondary N) is 1. The number of carbonyl (C=O) groups excluding carboxylic acids is 1. The monoisotopic (exact) mass is 351 g/mol. The van der Waals surface area contributed by atoms with Crippen molar-refractivity contribution in [2.24, 2.45) is 0 Å². The summed E-state index contributed by atoms with van der Waals surface area (Å²) in [6.45, 7) is 4.37. The second kappa shape index (κ2) is 6.72. The van der Waals surface area contributed by atoms with Crippen LogP contribution in [-0.2, 0) is 0 Å². The minimum absolute atomic E-state index is 0.253. The van der Waals surface area contributed by atoms with E-state index in [0.29, 0.717) is 16.8 Å². The molecular formula is C16H15BrFNO2. The lowest BCUT2D eigenvalue weighted by atomic mass is 10.1. The highest BCUT2D eigenvalue weighted by Crippen LogP contribution is 2.24. The maximum Gasteiger partial charge on any atom is 0.256 e. The molecule has 0 heterocycles. The van der Waals surface area contributed by atoms with Crippen LogP contribution in [0, 0.1) is 12.7 Å². The van der Waals surface area contributed by atoms with Crippen molar-refractivity contribution in [2.45, 2.75) is 13.8 Å². The smallest absolute Gasteiger partial charge is 0.256 e. The van der Waals surface area contributed by atoms with Gasteiger partial charge >= 0.3 is 0 Å². The molecule has 110 valence electrons. The van der Waals surface area contributed by atoms with Crippen LogP contribution >= 0.6 is 15.9 Å². The summed E-state index contributed by atoms with van der Waals surface area (Å²) in [7, 11) is 0. The topological polar surface area (TPSA) is 38.3 Å². The lowest BCUT2D eigenvalue weighted by Gasteiger charge is -2.11. The number of amides is 1. The molecule has 0 saturated heterocycles. The Morgan fingerprint density at radius 3 is 2.71 bits per heavy atom. The van der Waals surface area contributed by atoms with Crippen LogP contribution in [0.5, 0.6) is 5.75 Å². The third-order valence-electron chi connectivity index (χ3n) is 2.93. The zero-order valence-electron chi connectivity index (χ0n) is 11.7. The molecule has 0 radical (unpaired) electrons. The summed E-state index contributed by atoms with van der Waals surface area (Å²) < 4.78 is 19.2. The van der Waals surface area contributed by atoms with Crippen LogP contribution in [-0.4, -0.2) is 12.5 Å². The van der Waals surface area contributed by atoms with Crippen LogP contribution in [0.3, 0.4) is 0 Å². The van der Waals surface area contributed by atoms with Gasteiger partial charge in [0, 0.05) is 10.2 Å². The minimum Gasteiger partial charge on any atom is -0.494 e. The largest absolute Gasteiger partial charge is 0.494 e. The molecule has 1 N–H and O–H groups in total. The van der Waals surface area contributed by atoms with Gasteiger partial charge in [0.1, 0.15) is 11.6 Å². The third-order valence-corrected chi connectivity index (χ3v) is 3.62. The first-order chi connectivity index (χ1) is 10.0. The highest BCUT2D eigenvalue weighted by atomic mass is 79.9. The normalized spacial score (nSPS) is 10.3. The second-order valence-corrected chi connectivity index (χ2v) is 5.34. The van der Waals surface area contributed by atoms with Crippen molar-refractivity contribution in [3.8, 4) is 5.75 Å². The Balaban J connectivity index is 2.21. The molecular weight excluding hydrogens is 337 g/mol. The number of ether oxygens (including phenoxy) is 1. The van der Waals surface area contributed by atoms with Crippen LogP contribution in [0.15, 0.2) is 40.9 Å². The molecule has 1 amide bonds. The SMILES string of the molecule is CCOc1ccc(NC(=O)c2cc(F)ccc2Br)c(C)c1. The number of hydrogen-bond donors (Lipinski definition) is 1. The predicted octanol–water partition coefficient (Wildman–Crippen LogP) is 4.55. The van der Waals surface area contributed by atoms with Gasteiger partial charge in [-0.05, 0) is 71.7 Å². The van der Waals surface area contributed by atoms with E-state index in [0.717, 1.165) is 11.3 Å². The molecule has 0 aliphatic carbocycles. The summed E-state index contributed by atoms with van der Waals surface area (Å²) in [6, 6.07) is 9.40. The van der Waals surface area contributed by atoms with Gasteiger partial charge in [0.15, 0.2) is 0 Å². The van der Waals surface area contributed by atoms with E-state index in [1.165, 1.54) is 18.2 Å². The van der Waals surface area contributed by atoms with E-state index < -0.39 is 5.82 Å². The maximum atomic E-state index is 13.2. The van der Waals surface area contributed by atoms with Gasteiger partial charge in [-0.1, -0.05) is 0 Å². The molecule has 0 saturated carbocycles. The van der Waals surface area contributed by atoms with Gasteiger partial charge in [0.25, 0.3) is 5.91 Å². The number of halogens is 2. The van der Waals surface area contributed by atoms with E-state index in [9.17, 15) is 9.18 Å². The van der Waals surface area contributed by atoms with Crippen LogP contribution in [0.2, 0.25) is 0 Å². The number of rotatable bonds is 4. The molecule has 0 aliphatic heterocycles. The van der Waals surface area contributed by atoms with E-state index in [4.69, 9.17) is 4.74 Å². The van der Waals surface area contributed by atoms with Gasteiger partial charge in [-0.15, -0.1) is 0 Å². The molecule has 0 aromatic heterocycles. The van der Waals surface area contributed by atoms with Crippen LogP contribution in [0.25, 0.3) is 0 Å². The summed E-state index contributed by atoms with van der Waals surface area (Å²) in [6.07, 6.45) is 0. The number of aryl methyl sites for hydroxylation is 1. The first kappa shape index (κ1) is 15.5. The van der Waals surface area contributed by atoms with Gasteiger partial charge in [-0.2, -0.15) is 0 Å². The van der Waals surface area contributed by atoms with E-state index in [1.807, 2.05) is 19.9 Å². The van der Waals surface area contributed by atoms with Crippen LogP contribution < -0.4 is 10.1 Å². The molecule has 3 nitrogen and oxygen atoms in total. The van der Waals surface area contributed by atoms with Crippen molar-refractivity contribution in [3.63, 3.8) is 0 Å². The second-order valence-electron chi connectivity index (χ2n) is 4.49. The molecule has 0 aliphatic rings. The number of hydrogen-bond acceptors (Lipinski definition) is 2. The van der Waals surface area contributed by atoms with Crippen molar-refractivity contribution in [1.82, 2.24) is 0 Å². The number of benzene rings is 2. The summed E-state index contributed by atoms with van der Waals surface area (Å²) in [5.41, 5.74) is 1.80. The van der Waals surface area contributed by atoms with Gasteiger partial charge in [-0.25, -0.2) is 4.39 Å². The molecule has 2 aromatic carbocycles. The standard InChI is InChI=1S/C16H15BrFNO2/c1-3-21-12-5-7-15(10(2)8-12)19-16(20)13-9-11(18)4-6-14(13)17/h4-9H,3H2,1-2H3,(H,19,20). The fourth-order valence-corrected chi connectivity index (χ4v) is 2.32. The van der Waals surface area contributed by atoms with Crippen LogP contribution in [0.4, 0.5) is 10.1 Å². The molecule has 5 heteroatoms. The quantitative estimate of drug-likeness (QED) is 0.877. The fraction of sp³-hybridized carbons (Fsp3) is 0.188. The summed E-state index contributed by atoms with van der Waals surface area (Å²) in [5.74, 6) is -0.0691. The van der Waals surface area contributed by atoms with Crippen molar-refractivity contribution in [2.75, 3.05) is 11.9 Å². The van der Waals surface area contributed by atoms with Gasteiger partial charge in [-0.3, -0.25) is 4.79 Å². The Morgan fingerprint density at radius 1 is 1.29 bits per heavy atom. The molecule has 0 bridgehead atoms. The first-order valence-corrected chi connectivity index (χ1v) is 7.30. The summed E-state index contributed by atoms with van der Waals surface area (Å²) in [5, 5.41) is 2.77. The fourth-order valence-electron chi connectivity index (χ4n) is 1.89. The number of carbonyl (C=O) groups is 1. The Bertz CT molecular complexity index is 673. The predicted molar refractivity (Wildman–Crippen MR) is 84.4 cm³/mol. The third kappa shape index (κ3) is 3.82. The average Bonchev–Trinajstić information content (AvgIpc) is 2.44. The van der Waals surface area contributed by atoms with Gasteiger partial charge in [0.2, 0.25) is 0 Å². The summed E-state index contributed by atoms with van der Waals surface area (Å²) in [4.78, 5) is 12.2. The Labute approximate surface area is 131 Å². The Morgan fingerprint density at radius 2 is 2.05 bits per heavy atom. The Hall–Kier alpha value is -1.88. The van der Waals surface area contributed by atoms with Crippen molar-refractivity contribution >= 4 is 27.5 Å². The molecule has 2 aromatic rings. The number of anilines is 1. The van der Waals surface area contributed by atoms with Crippen LogP contribution in [0.1, 0.15) is 22.8 Å². The lowest BCUT2D eigenvalue weighted by Crippen LogP contribution is -2.13. The molecule has 0 fully saturated rings. The summed E-state index contributed by atoms with van der Waals surface area (Å²) >= 11 is 3.25. The highest BCUT2D eigenvalue weighted by molar-refractivity contribution is 9.10. The van der Waals surface area contributed by atoms with Gasteiger partial charge < -0.3 is 10.1 Å². The maximum absolute atomic E-state index is 13.2. The highest BCUT2D eigenvalue weighted by Gasteiger charge is 2.12. The minimum atomic E-state index is -0.452. The molecule has 21 heavy (non-hydrogen) atoms. The average molecular weight is 352 g/mol. The zero-order chi connectivity index (χ0) is 15.4. The van der Waals surface area contributed by atoms with Crippen molar-refractivity contribution in [3.05, 3.63) is 57.8 Å². The van der Waals surface area contributed by atoms with E-state index in [2.05, 4.69) is 21.2 Å². The van der Waals surface area contributed by atoms with E-state index in [-0.39, 0.29) is 11.5 Å². The van der Waals surface area contributed by atoms with Crippen molar-refractivity contribution in [1.29, 1.82) is 0 Å². The first-order valence-electron chi connectivity index (χ1n) is 6.51. The molecule has 0 unspecified atom stereocenters. The molecule has 0 spiro atoms. The molecule has 2 rings (SSSR count). The lowest BCUT2D eigenvalue weighted by molar-refractivity contribution is 0.102. The van der Waals surface area contributed by atoms with Crippen molar-refractivity contribution < 1.29 is 13.9 Å². The zero-order valence-corrected chi connectivity index (χ0v) is 13.3. The Kier molecular flexibility index (Phi) is 4.96. The van der Waals surface area contributed by atoms with E-state index in [1.54, 1.807) is 12.1 Å².